The van der Waals surface area contributed by atoms with Gasteiger partial charge < -0.3 is 9.73 Å². The molecule has 1 saturated heterocycles. The SMILES string of the molecule is O=C(Cc1nc2ccccc2o1)NC1CCSC1. The number of hydrogen-bond acceptors (Lipinski definition) is 4. The molecule has 1 atom stereocenters. The van der Waals surface area contributed by atoms with Crippen LogP contribution < -0.4 is 5.32 Å². The third-order valence-electron chi connectivity index (χ3n) is 2.94. The number of fused-ring (bicyclic) bond motifs is 1. The van der Waals surface area contributed by atoms with E-state index in [9.17, 15) is 4.79 Å². The number of amides is 1. The van der Waals surface area contributed by atoms with Crippen molar-refractivity contribution >= 4 is 28.8 Å². The maximum atomic E-state index is 11.8. The van der Waals surface area contributed by atoms with Gasteiger partial charge in [0.1, 0.15) is 11.9 Å². The van der Waals surface area contributed by atoms with Crippen LogP contribution >= 0.6 is 11.8 Å². The molecule has 3 rings (SSSR count). The molecule has 1 aromatic carbocycles. The zero-order valence-electron chi connectivity index (χ0n) is 9.89. The van der Waals surface area contributed by atoms with Gasteiger partial charge in [0.05, 0.1) is 0 Å². The van der Waals surface area contributed by atoms with Crippen molar-refractivity contribution < 1.29 is 9.21 Å². The van der Waals surface area contributed by atoms with E-state index in [0.717, 1.165) is 29.0 Å². The monoisotopic (exact) mass is 262 g/mol. The molecule has 1 aliphatic heterocycles. The molecule has 2 heterocycles. The Morgan fingerprint density at radius 3 is 3.17 bits per heavy atom. The summed E-state index contributed by atoms with van der Waals surface area (Å²) >= 11 is 1.88. The standard InChI is InChI=1S/C13H14N2O2S/c16-12(14-9-5-6-18-8-9)7-13-15-10-3-1-2-4-11(10)17-13/h1-4,9H,5-8H2,(H,14,16). The minimum Gasteiger partial charge on any atom is -0.440 e. The quantitative estimate of drug-likeness (QED) is 0.919. The van der Waals surface area contributed by atoms with Gasteiger partial charge in [-0.3, -0.25) is 4.79 Å². The lowest BCUT2D eigenvalue weighted by molar-refractivity contribution is -0.121. The van der Waals surface area contributed by atoms with Crippen molar-refractivity contribution in [1.29, 1.82) is 0 Å². The van der Waals surface area contributed by atoms with E-state index in [1.807, 2.05) is 36.0 Å². The molecule has 1 aromatic heterocycles. The zero-order valence-corrected chi connectivity index (χ0v) is 10.7. The van der Waals surface area contributed by atoms with Gasteiger partial charge in [0.2, 0.25) is 11.8 Å². The Morgan fingerprint density at radius 2 is 2.39 bits per heavy atom. The fourth-order valence-corrected chi connectivity index (χ4v) is 3.21. The molecular formula is C13H14N2O2S. The van der Waals surface area contributed by atoms with E-state index in [4.69, 9.17) is 4.42 Å². The van der Waals surface area contributed by atoms with Crippen molar-refractivity contribution in [1.82, 2.24) is 10.3 Å². The van der Waals surface area contributed by atoms with Gasteiger partial charge in [-0.1, -0.05) is 12.1 Å². The molecule has 0 radical (unpaired) electrons. The van der Waals surface area contributed by atoms with Crippen molar-refractivity contribution in [2.45, 2.75) is 18.9 Å². The molecule has 18 heavy (non-hydrogen) atoms. The van der Waals surface area contributed by atoms with Crippen LogP contribution in [-0.2, 0) is 11.2 Å². The third kappa shape index (κ3) is 2.51. The number of carbonyl (C=O) groups excluding carboxylic acids is 1. The number of nitrogens with one attached hydrogen (secondary N) is 1. The topological polar surface area (TPSA) is 55.1 Å². The molecule has 5 heteroatoms. The molecule has 0 bridgehead atoms. The number of hydrogen-bond donors (Lipinski definition) is 1. The lowest BCUT2D eigenvalue weighted by Gasteiger charge is -2.09. The number of nitrogens with zero attached hydrogens (tertiary/aromatic N) is 1. The Bertz CT molecular complexity index is 528. The highest BCUT2D eigenvalue weighted by Crippen LogP contribution is 2.18. The fraction of sp³-hybridized carbons (Fsp3) is 0.385. The Hall–Kier alpha value is -1.49. The van der Waals surface area contributed by atoms with Gasteiger partial charge in [-0.15, -0.1) is 0 Å². The van der Waals surface area contributed by atoms with Crippen LogP contribution in [0.15, 0.2) is 28.7 Å². The smallest absolute Gasteiger partial charge is 0.229 e. The van der Waals surface area contributed by atoms with Gasteiger partial charge in [-0.25, -0.2) is 4.98 Å². The molecule has 1 fully saturated rings. The molecule has 94 valence electrons. The fourth-order valence-electron chi connectivity index (χ4n) is 2.06. The number of para-hydroxylation sites is 2. The summed E-state index contributed by atoms with van der Waals surface area (Å²) in [5.74, 6) is 2.63. The summed E-state index contributed by atoms with van der Waals surface area (Å²) in [5.41, 5.74) is 1.54. The summed E-state index contributed by atoms with van der Waals surface area (Å²) in [5, 5.41) is 3.01. The first-order chi connectivity index (χ1) is 8.81. The molecule has 1 amide bonds. The second-order valence-corrected chi connectivity index (χ2v) is 5.53. The maximum Gasteiger partial charge on any atom is 0.229 e. The Morgan fingerprint density at radius 1 is 1.50 bits per heavy atom. The number of thioether (sulfide) groups is 1. The van der Waals surface area contributed by atoms with E-state index in [0.29, 0.717) is 11.9 Å². The second kappa shape index (κ2) is 5.02. The van der Waals surface area contributed by atoms with Crippen LogP contribution in [0, 0.1) is 0 Å². The molecule has 0 aliphatic carbocycles. The lowest BCUT2D eigenvalue weighted by Crippen LogP contribution is -2.35. The number of benzene rings is 1. The van der Waals surface area contributed by atoms with Crippen molar-refractivity contribution in [3.05, 3.63) is 30.2 Å². The highest BCUT2D eigenvalue weighted by Gasteiger charge is 2.18. The van der Waals surface area contributed by atoms with Crippen LogP contribution in [0.3, 0.4) is 0 Å². The van der Waals surface area contributed by atoms with E-state index >= 15 is 0 Å². The highest BCUT2D eigenvalue weighted by atomic mass is 32.2. The van der Waals surface area contributed by atoms with Crippen LogP contribution in [-0.4, -0.2) is 28.4 Å². The summed E-state index contributed by atoms with van der Waals surface area (Å²) < 4.78 is 5.53. The van der Waals surface area contributed by atoms with Gasteiger partial charge in [0.15, 0.2) is 5.58 Å². The normalized spacial score (nSPS) is 19.2. The number of rotatable bonds is 3. The summed E-state index contributed by atoms with van der Waals surface area (Å²) in [6.45, 7) is 0. The first-order valence-electron chi connectivity index (χ1n) is 6.03. The Balaban J connectivity index is 1.66. The predicted molar refractivity (Wildman–Crippen MR) is 71.6 cm³/mol. The maximum absolute atomic E-state index is 11.8. The van der Waals surface area contributed by atoms with E-state index < -0.39 is 0 Å². The van der Waals surface area contributed by atoms with E-state index in [1.54, 1.807) is 0 Å². The van der Waals surface area contributed by atoms with Gasteiger partial charge in [0, 0.05) is 11.8 Å². The van der Waals surface area contributed by atoms with Crippen LogP contribution in [0.1, 0.15) is 12.3 Å². The average molecular weight is 262 g/mol. The molecule has 1 unspecified atom stereocenters. The van der Waals surface area contributed by atoms with E-state index in [1.165, 1.54) is 0 Å². The summed E-state index contributed by atoms with van der Waals surface area (Å²) in [7, 11) is 0. The van der Waals surface area contributed by atoms with Gasteiger partial charge in [-0.05, 0) is 24.3 Å². The van der Waals surface area contributed by atoms with Crippen molar-refractivity contribution in [3.63, 3.8) is 0 Å². The molecule has 1 aliphatic rings. The van der Waals surface area contributed by atoms with Crippen molar-refractivity contribution in [3.8, 4) is 0 Å². The van der Waals surface area contributed by atoms with Gasteiger partial charge in [0.25, 0.3) is 0 Å². The van der Waals surface area contributed by atoms with Crippen LogP contribution in [0.5, 0.6) is 0 Å². The Kier molecular flexibility index (Phi) is 3.23. The molecule has 2 aromatic rings. The molecule has 4 nitrogen and oxygen atoms in total. The zero-order chi connectivity index (χ0) is 12.4. The minimum atomic E-state index is -0.00550. The Labute approximate surface area is 109 Å². The number of carbonyl (C=O) groups is 1. The van der Waals surface area contributed by atoms with Gasteiger partial charge in [-0.2, -0.15) is 11.8 Å². The summed E-state index contributed by atoms with van der Waals surface area (Å²) in [6, 6.07) is 7.86. The average Bonchev–Trinajstić information content (AvgIpc) is 2.96. The van der Waals surface area contributed by atoms with Crippen LogP contribution in [0.25, 0.3) is 11.1 Å². The third-order valence-corrected chi connectivity index (χ3v) is 4.11. The molecular weight excluding hydrogens is 248 g/mol. The van der Waals surface area contributed by atoms with E-state index in [2.05, 4.69) is 10.3 Å². The summed E-state index contributed by atoms with van der Waals surface area (Å²) in [4.78, 5) is 16.1. The molecule has 0 spiro atoms. The highest BCUT2D eigenvalue weighted by molar-refractivity contribution is 7.99. The van der Waals surface area contributed by atoms with Crippen LogP contribution in [0.2, 0.25) is 0 Å². The predicted octanol–water partition coefficient (Wildman–Crippen LogP) is 1.99. The summed E-state index contributed by atoms with van der Waals surface area (Å²) in [6.07, 6.45) is 1.28. The number of oxazole rings is 1. The number of aromatic nitrogens is 1. The van der Waals surface area contributed by atoms with Gasteiger partial charge >= 0.3 is 0 Å². The van der Waals surface area contributed by atoms with Crippen molar-refractivity contribution in [2.24, 2.45) is 0 Å². The minimum absolute atomic E-state index is 0.00550. The molecule has 0 saturated carbocycles. The van der Waals surface area contributed by atoms with Crippen molar-refractivity contribution in [2.75, 3.05) is 11.5 Å². The largest absolute Gasteiger partial charge is 0.440 e. The molecule has 1 N–H and O–H groups in total. The van der Waals surface area contributed by atoms with E-state index in [-0.39, 0.29) is 12.3 Å². The van der Waals surface area contributed by atoms with Crippen LogP contribution in [0.4, 0.5) is 0 Å². The lowest BCUT2D eigenvalue weighted by atomic mass is 10.2. The first-order valence-corrected chi connectivity index (χ1v) is 7.18. The first kappa shape index (κ1) is 11.6. The second-order valence-electron chi connectivity index (χ2n) is 4.38.